The Hall–Kier alpha value is -2.01. The van der Waals surface area contributed by atoms with Crippen molar-refractivity contribution in [1.29, 1.82) is 0 Å². The van der Waals surface area contributed by atoms with Crippen LogP contribution in [0, 0.1) is 13.8 Å². The lowest BCUT2D eigenvalue weighted by Crippen LogP contribution is -1.90. The summed E-state index contributed by atoms with van der Waals surface area (Å²) in [4.78, 5) is 7.00. The molecule has 0 radical (unpaired) electrons. The summed E-state index contributed by atoms with van der Waals surface area (Å²) in [6.07, 6.45) is 2.06. The molecule has 4 nitrogen and oxygen atoms in total. The van der Waals surface area contributed by atoms with Gasteiger partial charge >= 0.3 is 0 Å². The summed E-state index contributed by atoms with van der Waals surface area (Å²) in [5, 5.41) is 0. The second-order valence-electron chi connectivity index (χ2n) is 4.59. The highest BCUT2D eigenvalue weighted by Crippen LogP contribution is 2.33. The number of aryl methyl sites for hydroxylation is 2. The van der Waals surface area contributed by atoms with Crippen molar-refractivity contribution in [3.63, 3.8) is 0 Å². The molecule has 0 saturated heterocycles. The summed E-state index contributed by atoms with van der Waals surface area (Å²) >= 11 is 1.71. The Kier molecular flexibility index (Phi) is 3.14. The fraction of sp³-hybridized carbons (Fsp3) is 0.267. The third-order valence-electron chi connectivity index (χ3n) is 3.47. The third-order valence-corrected chi connectivity index (χ3v) is 4.54. The van der Waals surface area contributed by atoms with Gasteiger partial charge in [-0.15, -0.1) is 11.3 Å². The number of benzene rings is 1. The molecule has 0 aliphatic heterocycles. The first kappa shape index (κ1) is 13.0. The van der Waals surface area contributed by atoms with Gasteiger partial charge in [0, 0.05) is 22.3 Å². The first-order chi connectivity index (χ1) is 9.63. The number of fused-ring (bicyclic) bond motifs is 1. The van der Waals surface area contributed by atoms with Gasteiger partial charge in [0.05, 0.1) is 19.9 Å². The van der Waals surface area contributed by atoms with E-state index in [1.54, 1.807) is 25.6 Å². The molecule has 0 aliphatic rings. The molecular weight excluding hydrogens is 272 g/mol. The van der Waals surface area contributed by atoms with E-state index in [1.807, 2.05) is 18.2 Å². The zero-order valence-corrected chi connectivity index (χ0v) is 12.7. The minimum Gasteiger partial charge on any atom is -0.493 e. The maximum absolute atomic E-state index is 5.34. The SMILES string of the molecule is COc1ccc(-c2cn3c(C)c(C)sc3n2)cc1OC. The van der Waals surface area contributed by atoms with Gasteiger partial charge in [-0.2, -0.15) is 0 Å². The average molecular weight is 288 g/mol. The van der Waals surface area contributed by atoms with Crippen molar-refractivity contribution in [2.45, 2.75) is 13.8 Å². The van der Waals surface area contributed by atoms with Gasteiger partial charge in [-0.1, -0.05) is 0 Å². The molecule has 2 aromatic heterocycles. The zero-order chi connectivity index (χ0) is 14.3. The smallest absolute Gasteiger partial charge is 0.194 e. The summed E-state index contributed by atoms with van der Waals surface area (Å²) in [7, 11) is 3.27. The van der Waals surface area contributed by atoms with E-state index in [-0.39, 0.29) is 0 Å². The van der Waals surface area contributed by atoms with Crippen LogP contribution in [0.15, 0.2) is 24.4 Å². The molecule has 0 bridgehead atoms. The Morgan fingerprint density at radius 3 is 2.50 bits per heavy atom. The number of methoxy groups -OCH3 is 2. The van der Waals surface area contributed by atoms with Crippen LogP contribution in [0.1, 0.15) is 10.6 Å². The second kappa shape index (κ2) is 4.83. The molecule has 5 heteroatoms. The predicted molar refractivity (Wildman–Crippen MR) is 81.1 cm³/mol. The van der Waals surface area contributed by atoms with Crippen molar-refractivity contribution in [2.75, 3.05) is 14.2 Å². The molecule has 20 heavy (non-hydrogen) atoms. The van der Waals surface area contributed by atoms with Gasteiger partial charge in [-0.3, -0.25) is 4.40 Å². The minimum atomic E-state index is 0.717. The van der Waals surface area contributed by atoms with Crippen LogP contribution in [0.4, 0.5) is 0 Å². The Morgan fingerprint density at radius 1 is 1.10 bits per heavy atom. The molecule has 0 spiro atoms. The normalized spacial score (nSPS) is 11.0. The fourth-order valence-corrected chi connectivity index (χ4v) is 3.14. The topological polar surface area (TPSA) is 35.8 Å². The number of thiazole rings is 1. The van der Waals surface area contributed by atoms with Crippen LogP contribution in [0.3, 0.4) is 0 Å². The van der Waals surface area contributed by atoms with E-state index in [4.69, 9.17) is 9.47 Å². The van der Waals surface area contributed by atoms with Gasteiger partial charge in [-0.25, -0.2) is 4.98 Å². The van der Waals surface area contributed by atoms with Gasteiger partial charge in [0.15, 0.2) is 16.5 Å². The Balaban J connectivity index is 2.10. The lowest BCUT2D eigenvalue weighted by atomic mass is 10.1. The molecule has 0 aliphatic carbocycles. The lowest BCUT2D eigenvalue weighted by molar-refractivity contribution is 0.355. The van der Waals surface area contributed by atoms with Crippen molar-refractivity contribution in [3.05, 3.63) is 35.0 Å². The molecular formula is C15H16N2O2S. The van der Waals surface area contributed by atoms with Crippen molar-refractivity contribution < 1.29 is 9.47 Å². The second-order valence-corrected chi connectivity index (χ2v) is 5.77. The maximum atomic E-state index is 5.34. The largest absolute Gasteiger partial charge is 0.493 e. The minimum absolute atomic E-state index is 0.717. The molecule has 2 heterocycles. The van der Waals surface area contributed by atoms with E-state index >= 15 is 0 Å². The zero-order valence-electron chi connectivity index (χ0n) is 11.9. The van der Waals surface area contributed by atoms with Crippen LogP contribution in [-0.4, -0.2) is 23.6 Å². The Labute approximate surface area is 121 Å². The van der Waals surface area contributed by atoms with Crippen molar-refractivity contribution in [2.24, 2.45) is 0 Å². The molecule has 3 rings (SSSR count). The first-order valence-electron chi connectivity index (χ1n) is 6.31. The first-order valence-corrected chi connectivity index (χ1v) is 7.13. The summed E-state index contributed by atoms with van der Waals surface area (Å²) in [5.74, 6) is 1.44. The fourth-order valence-electron chi connectivity index (χ4n) is 2.19. The standard InChI is InChI=1S/C15H16N2O2S/c1-9-10(2)20-15-16-12(8-17(9)15)11-5-6-13(18-3)14(7-11)19-4/h5-8H,1-4H3. The Bertz CT molecular complexity index is 774. The summed E-state index contributed by atoms with van der Waals surface area (Å²) in [6.45, 7) is 4.23. The maximum Gasteiger partial charge on any atom is 0.194 e. The number of nitrogens with zero attached hydrogens (tertiary/aromatic N) is 2. The van der Waals surface area contributed by atoms with Crippen LogP contribution in [-0.2, 0) is 0 Å². The highest BCUT2D eigenvalue weighted by Gasteiger charge is 2.12. The molecule has 0 N–H and O–H groups in total. The molecule has 0 saturated carbocycles. The van der Waals surface area contributed by atoms with E-state index in [2.05, 4.69) is 29.4 Å². The molecule has 104 valence electrons. The molecule has 1 aromatic carbocycles. The molecule has 0 amide bonds. The number of hydrogen-bond acceptors (Lipinski definition) is 4. The monoisotopic (exact) mass is 288 g/mol. The highest BCUT2D eigenvalue weighted by molar-refractivity contribution is 7.17. The summed E-state index contributed by atoms with van der Waals surface area (Å²) in [6, 6.07) is 5.85. The lowest BCUT2D eigenvalue weighted by Gasteiger charge is -2.08. The average Bonchev–Trinajstić information content (AvgIpc) is 2.99. The van der Waals surface area contributed by atoms with Crippen molar-refractivity contribution in [1.82, 2.24) is 9.38 Å². The number of imidazole rings is 1. The quantitative estimate of drug-likeness (QED) is 0.737. The summed E-state index contributed by atoms with van der Waals surface area (Å²) in [5.41, 5.74) is 3.21. The van der Waals surface area contributed by atoms with Gasteiger partial charge in [-0.05, 0) is 32.0 Å². The molecule has 0 fully saturated rings. The van der Waals surface area contributed by atoms with Crippen LogP contribution in [0.2, 0.25) is 0 Å². The van der Waals surface area contributed by atoms with E-state index in [1.165, 1.54) is 10.6 Å². The van der Waals surface area contributed by atoms with Crippen LogP contribution >= 0.6 is 11.3 Å². The summed E-state index contributed by atoms with van der Waals surface area (Å²) < 4.78 is 12.7. The van der Waals surface area contributed by atoms with Crippen molar-refractivity contribution in [3.8, 4) is 22.8 Å². The highest BCUT2D eigenvalue weighted by atomic mass is 32.1. The van der Waals surface area contributed by atoms with Gasteiger partial charge in [0.1, 0.15) is 0 Å². The Morgan fingerprint density at radius 2 is 1.85 bits per heavy atom. The van der Waals surface area contributed by atoms with E-state index in [0.717, 1.165) is 22.0 Å². The van der Waals surface area contributed by atoms with E-state index < -0.39 is 0 Å². The van der Waals surface area contributed by atoms with E-state index in [0.29, 0.717) is 5.75 Å². The third kappa shape index (κ3) is 1.94. The number of hydrogen-bond donors (Lipinski definition) is 0. The number of aromatic nitrogens is 2. The molecule has 0 atom stereocenters. The van der Waals surface area contributed by atoms with Gasteiger partial charge < -0.3 is 9.47 Å². The van der Waals surface area contributed by atoms with Crippen LogP contribution in [0.5, 0.6) is 11.5 Å². The predicted octanol–water partition coefficient (Wildman–Crippen LogP) is 3.70. The van der Waals surface area contributed by atoms with Crippen molar-refractivity contribution >= 4 is 16.3 Å². The molecule has 0 unspecified atom stereocenters. The van der Waals surface area contributed by atoms with Gasteiger partial charge in [0.25, 0.3) is 0 Å². The van der Waals surface area contributed by atoms with Gasteiger partial charge in [0.2, 0.25) is 0 Å². The van der Waals surface area contributed by atoms with Crippen LogP contribution < -0.4 is 9.47 Å². The van der Waals surface area contributed by atoms with Crippen LogP contribution in [0.25, 0.3) is 16.2 Å². The molecule has 3 aromatic rings. The van der Waals surface area contributed by atoms with E-state index in [9.17, 15) is 0 Å². The number of ether oxygens (including phenoxy) is 2. The number of rotatable bonds is 3.